The van der Waals surface area contributed by atoms with Crippen LogP contribution in [0.4, 0.5) is 5.82 Å². The Kier molecular flexibility index (Phi) is 5.74. The number of aromatic nitrogens is 3. The maximum Gasteiger partial charge on any atom is 0.128 e. The van der Waals surface area contributed by atoms with Crippen molar-refractivity contribution in [3.8, 4) is 0 Å². The van der Waals surface area contributed by atoms with Gasteiger partial charge in [-0.05, 0) is 44.7 Å². The molecule has 1 N–H and O–H groups in total. The van der Waals surface area contributed by atoms with Crippen LogP contribution in [0.25, 0.3) is 0 Å². The van der Waals surface area contributed by atoms with E-state index in [-0.39, 0.29) is 0 Å². The molecular weight excluding hydrogens is 310 g/mol. The molecule has 0 spiro atoms. The Hall–Kier alpha value is -1.88. The van der Waals surface area contributed by atoms with E-state index in [4.69, 9.17) is 0 Å². The molecule has 0 amide bonds. The number of nitrogens with one attached hydrogen (secondary N) is 1. The second-order valence-corrected chi connectivity index (χ2v) is 6.98. The smallest absolute Gasteiger partial charge is 0.128 e. The highest BCUT2D eigenvalue weighted by atomic mass is 15.3. The summed E-state index contributed by atoms with van der Waals surface area (Å²) in [6.45, 7) is 9.55. The summed E-state index contributed by atoms with van der Waals surface area (Å²) in [6, 6.07) is 6.86. The third-order valence-corrected chi connectivity index (χ3v) is 5.29. The van der Waals surface area contributed by atoms with Gasteiger partial charge in [0, 0.05) is 49.7 Å². The fourth-order valence-corrected chi connectivity index (χ4v) is 3.86. The van der Waals surface area contributed by atoms with Crippen LogP contribution in [0.5, 0.6) is 0 Å². The van der Waals surface area contributed by atoms with Gasteiger partial charge in [0.15, 0.2) is 0 Å². The van der Waals surface area contributed by atoms with Crippen LogP contribution in [-0.2, 0) is 26.4 Å². The van der Waals surface area contributed by atoms with Crippen molar-refractivity contribution in [1.29, 1.82) is 0 Å². The van der Waals surface area contributed by atoms with Crippen LogP contribution in [0, 0.1) is 6.92 Å². The molecule has 25 heavy (non-hydrogen) atoms. The minimum Gasteiger partial charge on any atom is -0.356 e. The van der Waals surface area contributed by atoms with E-state index in [2.05, 4.69) is 71.0 Å². The molecule has 1 aliphatic heterocycles. The zero-order valence-electron chi connectivity index (χ0n) is 16.0. The Bertz CT molecular complexity index is 698. The predicted octanol–water partition coefficient (Wildman–Crippen LogP) is 3.01. The molecule has 1 saturated heterocycles. The Morgan fingerprint density at radius 1 is 1.16 bits per heavy atom. The SMILES string of the molecule is CCc1nn(C)c(CC)c1CNC1CCN(c2cccc(C)n2)CC1. The van der Waals surface area contributed by atoms with Crippen molar-refractivity contribution in [1.82, 2.24) is 20.1 Å². The average molecular weight is 342 g/mol. The standard InChI is InChI=1S/C20H31N5/c1-5-18-17(19(6-2)24(4)23-18)14-21-16-10-12-25(13-11-16)20-9-7-8-15(3)22-20/h7-9,16,21H,5-6,10-14H2,1-4H3. The van der Waals surface area contributed by atoms with E-state index in [1.807, 2.05) is 0 Å². The molecule has 0 bridgehead atoms. The summed E-state index contributed by atoms with van der Waals surface area (Å²) < 4.78 is 2.06. The number of anilines is 1. The summed E-state index contributed by atoms with van der Waals surface area (Å²) in [7, 11) is 2.06. The summed E-state index contributed by atoms with van der Waals surface area (Å²) in [5.41, 5.74) is 5.11. The quantitative estimate of drug-likeness (QED) is 0.877. The van der Waals surface area contributed by atoms with Crippen molar-refractivity contribution in [2.75, 3.05) is 18.0 Å². The second kappa shape index (κ2) is 8.00. The molecule has 0 aromatic carbocycles. The van der Waals surface area contributed by atoms with Crippen LogP contribution in [-0.4, -0.2) is 33.9 Å². The van der Waals surface area contributed by atoms with E-state index in [0.29, 0.717) is 6.04 Å². The number of nitrogens with zero attached hydrogens (tertiary/aromatic N) is 4. The summed E-state index contributed by atoms with van der Waals surface area (Å²) in [6.07, 6.45) is 4.37. The number of hydrogen-bond donors (Lipinski definition) is 1. The van der Waals surface area contributed by atoms with Gasteiger partial charge in [-0.25, -0.2) is 4.98 Å². The predicted molar refractivity (Wildman–Crippen MR) is 103 cm³/mol. The third-order valence-electron chi connectivity index (χ3n) is 5.29. The van der Waals surface area contributed by atoms with Crippen molar-refractivity contribution < 1.29 is 0 Å². The summed E-state index contributed by atoms with van der Waals surface area (Å²) in [5.74, 6) is 1.12. The van der Waals surface area contributed by atoms with E-state index >= 15 is 0 Å². The molecule has 1 aliphatic rings. The van der Waals surface area contributed by atoms with Gasteiger partial charge < -0.3 is 10.2 Å². The van der Waals surface area contributed by atoms with Gasteiger partial charge in [0.25, 0.3) is 0 Å². The van der Waals surface area contributed by atoms with Crippen LogP contribution < -0.4 is 10.2 Å². The average Bonchev–Trinajstić information content (AvgIpc) is 2.95. The Morgan fingerprint density at radius 2 is 1.92 bits per heavy atom. The first-order valence-corrected chi connectivity index (χ1v) is 9.58. The van der Waals surface area contributed by atoms with E-state index in [0.717, 1.165) is 44.0 Å². The molecule has 5 nitrogen and oxygen atoms in total. The van der Waals surface area contributed by atoms with Crippen molar-refractivity contribution in [2.45, 2.75) is 59.0 Å². The molecule has 2 aromatic rings. The van der Waals surface area contributed by atoms with Crippen molar-refractivity contribution in [3.63, 3.8) is 0 Å². The highest BCUT2D eigenvalue weighted by molar-refractivity contribution is 5.39. The van der Waals surface area contributed by atoms with Crippen molar-refractivity contribution >= 4 is 5.82 Å². The van der Waals surface area contributed by atoms with Gasteiger partial charge in [0.05, 0.1) is 5.69 Å². The highest BCUT2D eigenvalue weighted by Gasteiger charge is 2.21. The topological polar surface area (TPSA) is 46.0 Å². The summed E-state index contributed by atoms with van der Waals surface area (Å²) in [5, 5.41) is 8.47. The van der Waals surface area contributed by atoms with E-state index in [9.17, 15) is 0 Å². The minimum atomic E-state index is 0.579. The van der Waals surface area contributed by atoms with Gasteiger partial charge in [0.1, 0.15) is 5.82 Å². The lowest BCUT2D eigenvalue weighted by Gasteiger charge is -2.33. The molecule has 136 valence electrons. The molecule has 0 saturated carbocycles. The highest BCUT2D eigenvalue weighted by Crippen LogP contribution is 2.20. The molecule has 0 radical (unpaired) electrons. The molecule has 3 rings (SSSR count). The lowest BCUT2D eigenvalue weighted by Crippen LogP contribution is -2.42. The molecule has 2 aromatic heterocycles. The fraction of sp³-hybridized carbons (Fsp3) is 0.600. The normalized spacial score (nSPS) is 15.8. The number of hydrogen-bond acceptors (Lipinski definition) is 4. The Morgan fingerprint density at radius 3 is 2.56 bits per heavy atom. The largest absolute Gasteiger partial charge is 0.356 e. The monoisotopic (exact) mass is 341 g/mol. The number of rotatable bonds is 6. The molecule has 1 fully saturated rings. The first-order valence-electron chi connectivity index (χ1n) is 9.58. The van der Waals surface area contributed by atoms with Gasteiger partial charge in [0.2, 0.25) is 0 Å². The molecule has 0 unspecified atom stereocenters. The van der Waals surface area contributed by atoms with Crippen LogP contribution in [0.15, 0.2) is 18.2 Å². The number of piperidine rings is 1. The van der Waals surface area contributed by atoms with Gasteiger partial charge in [-0.1, -0.05) is 19.9 Å². The molecule has 0 atom stereocenters. The molecule has 5 heteroatoms. The lowest BCUT2D eigenvalue weighted by atomic mass is 10.0. The molecular formula is C20H31N5. The van der Waals surface area contributed by atoms with E-state index in [1.165, 1.54) is 29.8 Å². The van der Waals surface area contributed by atoms with Crippen LogP contribution >= 0.6 is 0 Å². The lowest BCUT2D eigenvalue weighted by molar-refractivity contribution is 0.411. The second-order valence-electron chi connectivity index (χ2n) is 6.98. The first kappa shape index (κ1) is 17.9. The van der Waals surface area contributed by atoms with Crippen LogP contribution in [0.3, 0.4) is 0 Å². The minimum absolute atomic E-state index is 0.579. The van der Waals surface area contributed by atoms with E-state index < -0.39 is 0 Å². The number of aryl methyl sites for hydroxylation is 3. The zero-order valence-corrected chi connectivity index (χ0v) is 16.0. The summed E-state index contributed by atoms with van der Waals surface area (Å²) in [4.78, 5) is 7.07. The van der Waals surface area contributed by atoms with Crippen molar-refractivity contribution in [3.05, 3.63) is 40.8 Å². The van der Waals surface area contributed by atoms with Crippen LogP contribution in [0.2, 0.25) is 0 Å². The van der Waals surface area contributed by atoms with E-state index in [1.54, 1.807) is 0 Å². The molecule has 3 heterocycles. The maximum atomic E-state index is 4.68. The van der Waals surface area contributed by atoms with Crippen molar-refractivity contribution in [2.24, 2.45) is 7.05 Å². The summed E-state index contributed by atoms with van der Waals surface area (Å²) >= 11 is 0. The maximum absolute atomic E-state index is 4.68. The van der Waals surface area contributed by atoms with Crippen LogP contribution in [0.1, 0.15) is 49.3 Å². The Labute approximate surface area is 151 Å². The van der Waals surface area contributed by atoms with Gasteiger partial charge in [-0.15, -0.1) is 0 Å². The first-order chi connectivity index (χ1) is 12.1. The number of pyridine rings is 1. The Balaban J connectivity index is 1.56. The van der Waals surface area contributed by atoms with Gasteiger partial charge >= 0.3 is 0 Å². The fourth-order valence-electron chi connectivity index (χ4n) is 3.86. The zero-order chi connectivity index (χ0) is 17.8. The van der Waals surface area contributed by atoms with Gasteiger partial charge in [-0.2, -0.15) is 5.10 Å². The third kappa shape index (κ3) is 4.03. The van der Waals surface area contributed by atoms with Gasteiger partial charge in [-0.3, -0.25) is 4.68 Å². The molecule has 0 aliphatic carbocycles.